The summed E-state index contributed by atoms with van der Waals surface area (Å²) in [6, 6.07) is 10.2. The van der Waals surface area contributed by atoms with Crippen LogP contribution in [0.1, 0.15) is 16.0 Å². The van der Waals surface area contributed by atoms with Crippen LogP contribution in [0.15, 0.2) is 35.7 Å². The highest BCUT2D eigenvalue weighted by Crippen LogP contribution is 2.21. The molecule has 2 aromatic rings. The molecule has 0 radical (unpaired) electrons. The van der Waals surface area contributed by atoms with Crippen molar-refractivity contribution in [3.05, 3.63) is 51.7 Å². The third kappa shape index (κ3) is 4.06. The zero-order valence-electron chi connectivity index (χ0n) is 11.1. The molecule has 2 N–H and O–H groups in total. The fraction of sp³-hybridized carbons (Fsp3) is 0.333. The molecule has 0 fully saturated rings. The maximum atomic E-state index is 5.72. The second-order valence-corrected chi connectivity index (χ2v) is 5.26. The van der Waals surface area contributed by atoms with Gasteiger partial charge >= 0.3 is 0 Å². The largest absolute Gasteiger partial charge is 0.496 e. The van der Waals surface area contributed by atoms with Crippen LogP contribution in [-0.4, -0.2) is 13.7 Å². The maximum Gasteiger partial charge on any atom is 0.124 e. The molecular formula is C15H19NO2S. The van der Waals surface area contributed by atoms with Gasteiger partial charge in [-0.1, -0.05) is 12.1 Å². The van der Waals surface area contributed by atoms with Crippen LogP contribution >= 0.6 is 11.3 Å². The average molecular weight is 277 g/mol. The van der Waals surface area contributed by atoms with E-state index < -0.39 is 0 Å². The Morgan fingerprint density at radius 1 is 1.26 bits per heavy atom. The molecule has 0 saturated carbocycles. The normalized spacial score (nSPS) is 10.6. The van der Waals surface area contributed by atoms with Crippen LogP contribution in [0.4, 0.5) is 0 Å². The number of nitrogens with two attached hydrogens (primary N) is 1. The van der Waals surface area contributed by atoms with Gasteiger partial charge in [0, 0.05) is 23.4 Å². The van der Waals surface area contributed by atoms with E-state index in [2.05, 4.69) is 17.5 Å². The van der Waals surface area contributed by atoms with Crippen molar-refractivity contribution < 1.29 is 9.47 Å². The first-order valence-electron chi connectivity index (χ1n) is 6.29. The molecule has 19 heavy (non-hydrogen) atoms. The Morgan fingerprint density at radius 2 is 2.16 bits per heavy atom. The summed E-state index contributed by atoms with van der Waals surface area (Å²) in [4.78, 5) is 1.35. The van der Waals surface area contributed by atoms with Crippen molar-refractivity contribution in [2.45, 2.75) is 19.6 Å². The monoisotopic (exact) mass is 277 g/mol. The molecule has 0 amide bonds. The molecule has 0 bridgehead atoms. The van der Waals surface area contributed by atoms with Crippen LogP contribution in [0.5, 0.6) is 5.75 Å². The van der Waals surface area contributed by atoms with Gasteiger partial charge < -0.3 is 15.2 Å². The zero-order chi connectivity index (χ0) is 13.5. The standard InChI is InChI=1S/C15H19NO2S/c1-17-15-5-4-12(10-16)9-13(15)11-18-7-6-14-3-2-8-19-14/h2-5,8-9H,6-7,10-11,16H2,1H3. The predicted molar refractivity (Wildman–Crippen MR) is 78.6 cm³/mol. The van der Waals surface area contributed by atoms with E-state index in [0.29, 0.717) is 13.2 Å². The van der Waals surface area contributed by atoms with Crippen LogP contribution in [0.2, 0.25) is 0 Å². The fourth-order valence-electron chi connectivity index (χ4n) is 1.88. The average Bonchev–Trinajstić information content (AvgIpc) is 2.96. The van der Waals surface area contributed by atoms with Gasteiger partial charge in [0.05, 0.1) is 20.3 Å². The topological polar surface area (TPSA) is 44.5 Å². The van der Waals surface area contributed by atoms with E-state index in [9.17, 15) is 0 Å². The number of rotatable bonds is 7. The highest BCUT2D eigenvalue weighted by Gasteiger charge is 2.04. The van der Waals surface area contributed by atoms with Crippen LogP contribution in [0, 0.1) is 0 Å². The summed E-state index contributed by atoms with van der Waals surface area (Å²) in [5, 5.41) is 2.09. The summed E-state index contributed by atoms with van der Waals surface area (Å²) in [5.74, 6) is 0.855. The number of hydrogen-bond donors (Lipinski definition) is 1. The minimum Gasteiger partial charge on any atom is -0.496 e. The molecule has 3 nitrogen and oxygen atoms in total. The first kappa shape index (κ1) is 14.1. The molecular weight excluding hydrogens is 258 g/mol. The SMILES string of the molecule is COc1ccc(CN)cc1COCCc1cccs1. The fourth-order valence-corrected chi connectivity index (χ4v) is 2.57. The van der Waals surface area contributed by atoms with Crippen molar-refractivity contribution in [2.75, 3.05) is 13.7 Å². The van der Waals surface area contributed by atoms with Gasteiger partial charge in [0.25, 0.3) is 0 Å². The van der Waals surface area contributed by atoms with Crippen molar-refractivity contribution in [1.82, 2.24) is 0 Å². The molecule has 102 valence electrons. The summed E-state index contributed by atoms with van der Waals surface area (Å²) in [6.07, 6.45) is 0.955. The number of benzene rings is 1. The molecule has 0 saturated heterocycles. The van der Waals surface area contributed by atoms with Gasteiger partial charge in [-0.05, 0) is 29.1 Å². The molecule has 0 aliphatic carbocycles. The summed E-state index contributed by atoms with van der Waals surface area (Å²) in [6.45, 7) is 1.81. The molecule has 1 aromatic carbocycles. The smallest absolute Gasteiger partial charge is 0.124 e. The second kappa shape index (κ2) is 7.28. The van der Waals surface area contributed by atoms with Crippen LogP contribution < -0.4 is 10.5 Å². The summed E-state index contributed by atoms with van der Waals surface area (Å²) >= 11 is 1.76. The first-order valence-corrected chi connectivity index (χ1v) is 7.17. The first-order chi connectivity index (χ1) is 9.33. The van der Waals surface area contributed by atoms with E-state index in [0.717, 1.165) is 29.9 Å². The minimum atomic E-state index is 0.534. The van der Waals surface area contributed by atoms with Crippen molar-refractivity contribution in [3.8, 4) is 5.75 Å². The Kier molecular flexibility index (Phi) is 5.39. The van der Waals surface area contributed by atoms with Gasteiger partial charge in [0.1, 0.15) is 5.75 Å². The van der Waals surface area contributed by atoms with Gasteiger partial charge in [-0.3, -0.25) is 0 Å². The highest BCUT2D eigenvalue weighted by atomic mass is 32.1. The predicted octanol–water partition coefficient (Wildman–Crippen LogP) is 2.97. The van der Waals surface area contributed by atoms with Crippen molar-refractivity contribution in [1.29, 1.82) is 0 Å². The Morgan fingerprint density at radius 3 is 2.84 bits per heavy atom. The lowest BCUT2D eigenvalue weighted by molar-refractivity contribution is 0.122. The molecule has 1 aromatic heterocycles. The second-order valence-electron chi connectivity index (χ2n) is 4.23. The quantitative estimate of drug-likeness (QED) is 0.791. The summed E-state index contributed by atoms with van der Waals surface area (Å²) in [7, 11) is 1.67. The third-order valence-electron chi connectivity index (χ3n) is 2.91. The van der Waals surface area contributed by atoms with E-state index >= 15 is 0 Å². The number of methoxy groups -OCH3 is 1. The zero-order valence-corrected chi connectivity index (χ0v) is 11.9. The summed E-state index contributed by atoms with van der Waals surface area (Å²) < 4.78 is 11.0. The van der Waals surface area contributed by atoms with E-state index in [1.807, 2.05) is 18.2 Å². The Labute approximate surface area is 118 Å². The molecule has 2 rings (SSSR count). The number of thiophene rings is 1. The lowest BCUT2D eigenvalue weighted by Crippen LogP contribution is -2.02. The van der Waals surface area contributed by atoms with Crippen molar-refractivity contribution in [2.24, 2.45) is 5.73 Å². The lowest BCUT2D eigenvalue weighted by Gasteiger charge is -2.10. The van der Waals surface area contributed by atoms with Gasteiger partial charge in [0.2, 0.25) is 0 Å². The van der Waals surface area contributed by atoms with Gasteiger partial charge in [-0.15, -0.1) is 11.3 Å². The molecule has 1 heterocycles. The van der Waals surface area contributed by atoms with Crippen LogP contribution in [0.25, 0.3) is 0 Å². The molecule has 0 aliphatic heterocycles. The van der Waals surface area contributed by atoms with Gasteiger partial charge in [-0.2, -0.15) is 0 Å². The summed E-state index contributed by atoms with van der Waals surface area (Å²) in [5.41, 5.74) is 7.80. The number of hydrogen-bond acceptors (Lipinski definition) is 4. The molecule has 0 atom stereocenters. The van der Waals surface area contributed by atoms with Gasteiger partial charge in [-0.25, -0.2) is 0 Å². The lowest BCUT2D eigenvalue weighted by atomic mass is 10.1. The van der Waals surface area contributed by atoms with E-state index in [1.54, 1.807) is 18.4 Å². The molecule has 0 spiro atoms. The van der Waals surface area contributed by atoms with Crippen molar-refractivity contribution in [3.63, 3.8) is 0 Å². The number of ether oxygens (including phenoxy) is 2. The van der Waals surface area contributed by atoms with E-state index in [1.165, 1.54) is 4.88 Å². The molecule has 0 aliphatic rings. The van der Waals surface area contributed by atoms with Crippen LogP contribution in [-0.2, 0) is 24.3 Å². The van der Waals surface area contributed by atoms with E-state index in [4.69, 9.17) is 15.2 Å². The Balaban J connectivity index is 1.87. The molecule has 0 unspecified atom stereocenters. The Bertz CT molecular complexity index is 497. The molecule has 4 heteroatoms. The van der Waals surface area contributed by atoms with Crippen molar-refractivity contribution >= 4 is 11.3 Å². The minimum absolute atomic E-state index is 0.534. The highest BCUT2D eigenvalue weighted by molar-refractivity contribution is 7.09. The Hall–Kier alpha value is -1.36. The van der Waals surface area contributed by atoms with Crippen LogP contribution in [0.3, 0.4) is 0 Å². The maximum absolute atomic E-state index is 5.72. The van der Waals surface area contributed by atoms with E-state index in [-0.39, 0.29) is 0 Å². The van der Waals surface area contributed by atoms with Gasteiger partial charge in [0.15, 0.2) is 0 Å². The third-order valence-corrected chi connectivity index (χ3v) is 3.85.